The summed E-state index contributed by atoms with van der Waals surface area (Å²) in [5.41, 5.74) is 8.45. The van der Waals surface area contributed by atoms with E-state index in [1.54, 1.807) is 10.9 Å². The maximum atomic E-state index is 5.99. The van der Waals surface area contributed by atoms with E-state index < -0.39 is 0 Å². The van der Waals surface area contributed by atoms with Crippen molar-refractivity contribution < 1.29 is 0 Å². The number of rotatable bonds is 1. The van der Waals surface area contributed by atoms with Crippen LogP contribution in [0, 0.1) is 13.8 Å². The van der Waals surface area contributed by atoms with E-state index in [9.17, 15) is 0 Å². The van der Waals surface area contributed by atoms with Gasteiger partial charge in [0.15, 0.2) is 5.82 Å². The lowest BCUT2D eigenvalue weighted by molar-refractivity contribution is 0.814. The van der Waals surface area contributed by atoms with Gasteiger partial charge < -0.3 is 5.73 Å². The van der Waals surface area contributed by atoms with Crippen molar-refractivity contribution in [1.29, 1.82) is 0 Å². The summed E-state index contributed by atoms with van der Waals surface area (Å²) in [7, 11) is 0. The maximum Gasteiger partial charge on any atom is 0.161 e. The first-order chi connectivity index (χ1) is 9.09. The minimum atomic E-state index is 0.716. The van der Waals surface area contributed by atoms with Crippen LogP contribution < -0.4 is 5.73 Å². The standard InChI is InChI=1S/C14H13BrN4/c1-8-13(16)9(2)19(18-8)14-11-4-3-5-12(15)10(11)6-7-17-14/h3-7H,16H2,1-2H3. The molecule has 3 rings (SSSR count). The number of aryl methyl sites for hydroxylation is 1. The molecule has 0 bridgehead atoms. The molecule has 2 aromatic heterocycles. The molecular formula is C14H13BrN4. The zero-order valence-corrected chi connectivity index (χ0v) is 12.3. The number of fused-ring (bicyclic) bond motifs is 1. The number of nitrogen functional groups attached to an aromatic ring is 1. The third-order valence-corrected chi connectivity index (χ3v) is 3.97. The largest absolute Gasteiger partial charge is 0.396 e. The van der Waals surface area contributed by atoms with E-state index in [0.29, 0.717) is 5.69 Å². The molecule has 2 N–H and O–H groups in total. The molecule has 0 fully saturated rings. The molecule has 0 unspecified atom stereocenters. The van der Waals surface area contributed by atoms with Crippen molar-refractivity contribution in [2.75, 3.05) is 5.73 Å². The van der Waals surface area contributed by atoms with Gasteiger partial charge in [0.05, 0.1) is 17.1 Å². The van der Waals surface area contributed by atoms with Gasteiger partial charge >= 0.3 is 0 Å². The Morgan fingerprint density at radius 1 is 1.16 bits per heavy atom. The first kappa shape index (κ1) is 12.2. The van der Waals surface area contributed by atoms with E-state index in [0.717, 1.165) is 32.5 Å². The average molecular weight is 317 g/mol. The van der Waals surface area contributed by atoms with Crippen molar-refractivity contribution >= 4 is 32.4 Å². The predicted octanol–water partition coefficient (Wildman–Crippen LogP) is 3.38. The smallest absolute Gasteiger partial charge is 0.161 e. The van der Waals surface area contributed by atoms with Crippen LogP contribution in [0.3, 0.4) is 0 Å². The number of halogens is 1. The summed E-state index contributed by atoms with van der Waals surface area (Å²) in [6, 6.07) is 8.03. The molecule has 0 atom stereocenters. The number of nitrogens with zero attached hydrogens (tertiary/aromatic N) is 3. The van der Waals surface area contributed by atoms with Crippen LogP contribution in [-0.2, 0) is 0 Å². The lowest BCUT2D eigenvalue weighted by Crippen LogP contribution is -2.03. The quantitative estimate of drug-likeness (QED) is 0.748. The SMILES string of the molecule is Cc1nn(-c2nccc3c(Br)cccc23)c(C)c1N. The summed E-state index contributed by atoms with van der Waals surface area (Å²) < 4.78 is 2.85. The molecule has 0 radical (unpaired) electrons. The highest BCUT2D eigenvalue weighted by Gasteiger charge is 2.13. The normalized spacial score (nSPS) is 11.1. The number of anilines is 1. The fraction of sp³-hybridized carbons (Fsp3) is 0.143. The van der Waals surface area contributed by atoms with Gasteiger partial charge in [-0.1, -0.05) is 28.1 Å². The molecule has 0 aliphatic rings. The van der Waals surface area contributed by atoms with Gasteiger partial charge in [-0.05, 0) is 26.0 Å². The lowest BCUT2D eigenvalue weighted by Gasteiger charge is -2.08. The highest BCUT2D eigenvalue weighted by atomic mass is 79.9. The molecule has 0 saturated carbocycles. The summed E-state index contributed by atoms with van der Waals surface area (Å²) in [5, 5.41) is 6.63. The second-order valence-corrected chi connectivity index (χ2v) is 5.32. The number of hydrogen-bond donors (Lipinski definition) is 1. The van der Waals surface area contributed by atoms with Crippen LogP contribution in [-0.4, -0.2) is 14.8 Å². The first-order valence-corrected chi connectivity index (χ1v) is 6.74. The van der Waals surface area contributed by atoms with Crippen LogP contribution in [0.5, 0.6) is 0 Å². The van der Waals surface area contributed by atoms with Crippen LogP contribution in [0.2, 0.25) is 0 Å². The maximum absolute atomic E-state index is 5.99. The third-order valence-electron chi connectivity index (χ3n) is 3.28. The summed E-state index contributed by atoms with van der Waals surface area (Å²) in [6.45, 7) is 3.85. The van der Waals surface area contributed by atoms with Crippen LogP contribution in [0.15, 0.2) is 34.9 Å². The Labute approximate surface area is 119 Å². The Kier molecular flexibility index (Phi) is 2.78. The van der Waals surface area contributed by atoms with E-state index >= 15 is 0 Å². The van der Waals surface area contributed by atoms with Gasteiger partial charge in [-0.15, -0.1) is 0 Å². The second kappa shape index (κ2) is 4.35. The lowest BCUT2D eigenvalue weighted by atomic mass is 10.1. The minimum Gasteiger partial charge on any atom is -0.396 e. The molecule has 0 aliphatic carbocycles. The van der Waals surface area contributed by atoms with Crippen molar-refractivity contribution in [2.24, 2.45) is 0 Å². The van der Waals surface area contributed by atoms with E-state index in [1.165, 1.54) is 0 Å². The van der Waals surface area contributed by atoms with E-state index in [4.69, 9.17) is 5.73 Å². The molecule has 2 heterocycles. The van der Waals surface area contributed by atoms with E-state index in [2.05, 4.69) is 26.0 Å². The molecule has 96 valence electrons. The Balaban J connectivity index is 2.37. The van der Waals surface area contributed by atoms with Crippen molar-refractivity contribution in [2.45, 2.75) is 13.8 Å². The third kappa shape index (κ3) is 1.81. The number of aromatic nitrogens is 3. The van der Waals surface area contributed by atoms with Gasteiger partial charge in [-0.3, -0.25) is 0 Å². The van der Waals surface area contributed by atoms with Crippen LogP contribution in [0.25, 0.3) is 16.6 Å². The van der Waals surface area contributed by atoms with Crippen molar-refractivity contribution in [1.82, 2.24) is 14.8 Å². The second-order valence-electron chi connectivity index (χ2n) is 4.47. The number of hydrogen-bond acceptors (Lipinski definition) is 3. The molecule has 4 nitrogen and oxygen atoms in total. The summed E-state index contributed by atoms with van der Waals surface area (Å²) in [4.78, 5) is 4.46. The fourth-order valence-electron chi connectivity index (χ4n) is 2.18. The summed E-state index contributed by atoms with van der Waals surface area (Å²) in [5.74, 6) is 0.802. The molecule has 5 heteroatoms. The number of nitrogens with two attached hydrogens (primary N) is 1. The molecule has 0 spiro atoms. The molecule has 19 heavy (non-hydrogen) atoms. The van der Waals surface area contributed by atoms with Gasteiger partial charge in [0.2, 0.25) is 0 Å². The average Bonchev–Trinajstić information content (AvgIpc) is 2.66. The monoisotopic (exact) mass is 316 g/mol. The number of benzene rings is 1. The van der Waals surface area contributed by atoms with Crippen LogP contribution in [0.4, 0.5) is 5.69 Å². The van der Waals surface area contributed by atoms with Gasteiger partial charge in [0.1, 0.15) is 0 Å². The molecule has 1 aromatic carbocycles. The van der Waals surface area contributed by atoms with Crippen molar-refractivity contribution in [3.8, 4) is 5.82 Å². The van der Waals surface area contributed by atoms with Crippen LogP contribution >= 0.6 is 15.9 Å². The van der Waals surface area contributed by atoms with Gasteiger partial charge in [-0.2, -0.15) is 5.10 Å². The van der Waals surface area contributed by atoms with Crippen molar-refractivity contribution in [3.05, 3.63) is 46.3 Å². The topological polar surface area (TPSA) is 56.7 Å². The zero-order chi connectivity index (χ0) is 13.6. The first-order valence-electron chi connectivity index (χ1n) is 5.95. The van der Waals surface area contributed by atoms with Crippen molar-refractivity contribution in [3.63, 3.8) is 0 Å². The van der Waals surface area contributed by atoms with Gasteiger partial charge in [-0.25, -0.2) is 9.67 Å². The summed E-state index contributed by atoms with van der Waals surface area (Å²) >= 11 is 3.56. The Morgan fingerprint density at radius 2 is 1.95 bits per heavy atom. The highest BCUT2D eigenvalue weighted by molar-refractivity contribution is 9.10. The van der Waals surface area contributed by atoms with Gasteiger partial charge in [0.25, 0.3) is 0 Å². The zero-order valence-electron chi connectivity index (χ0n) is 10.7. The molecule has 0 saturated heterocycles. The molecule has 0 amide bonds. The molecular weight excluding hydrogens is 304 g/mol. The highest BCUT2D eigenvalue weighted by Crippen LogP contribution is 2.28. The fourth-order valence-corrected chi connectivity index (χ4v) is 2.68. The summed E-state index contributed by atoms with van der Waals surface area (Å²) in [6.07, 6.45) is 1.79. The van der Waals surface area contributed by atoms with E-state index in [1.807, 2.05) is 38.1 Å². The minimum absolute atomic E-state index is 0.716. The number of pyridine rings is 1. The predicted molar refractivity (Wildman–Crippen MR) is 80.5 cm³/mol. The Hall–Kier alpha value is -1.88. The van der Waals surface area contributed by atoms with Gasteiger partial charge in [0, 0.05) is 21.4 Å². The van der Waals surface area contributed by atoms with Crippen LogP contribution in [0.1, 0.15) is 11.4 Å². The molecule has 3 aromatic rings. The Bertz CT molecular complexity index is 776. The van der Waals surface area contributed by atoms with E-state index in [-0.39, 0.29) is 0 Å². The Morgan fingerprint density at radius 3 is 2.63 bits per heavy atom. The molecule has 0 aliphatic heterocycles.